The number of pyridine rings is 2. The first kappa shape index (κ1) is 17.2. The molecule has 0 fully saturated rings. The maximum atomic E-state index is 12.7. The van der Waals surface area contributed by atoms with Crippen LogP contribution in [0, 0.1) is 0 Å². The lowest BCUT2D eigenvalue weighted by Crippen LogP contribution is -2.21. The number of anilines is 1. The number of nitrogen functional groups attached to an aromatic ring is 1. The van der Waals surface area contributed by atoms with Crippen molar-refractivity contribution in [2.75, 3.05) is 12.8 Å². The summed E-state index contributed by atoms with van der Waals surface area (Å²) in [5, 5.41) is 0. The molecule has 0 radical (unpaired) electrons. The summed E-state index contributed by atoms with van der Waals surface area (Å²) >= 11 is 3.18. The van der Waals surface area contributed by atoms with Crippen LogP contribution >= 0.6 is 15.9 Å². The number of alkyl halides is 2. The number of ether oxygens (including phenoxy) is 2. The molecule has 0 saturated heterocycles. The van der Waals surface area contributed by atoms with Gasteiger partial charge in [-0.2, -0.15) is 8.78 Å². The Balaban J connectivity index is 2.25. The molecule has 2 N–H and O–H groups in total. The Morgan fingerprint density at radius 1 is 1.24 bits per heavy atom. The Labute approximate surface area is 148 Å². The number of nitrogens with two attached hydrogens (primary N) is 1. The first-order chi connectivity index (χ1) is 11.9. The lowest BCUT2D eigenvalue weighted by molar-refractivity contribution is -0.0498. The van der Waals surface area contributed by atoms with E-state index in [9.17, 15) is 13.6 Å². The number of rotatable bonds is 4. The Morgan fingerprint density at radius 2 is 1.92 bits per heavy atom. The molecule has 0 aliphatic rings. The average molecular weight is 412 g/mol. The van der Waals surface area contributed by atoms with Crippen molar-refractivity contribution in [2.24, 2.45) is 0 Å². The fourth-order valence-electron chi connectivity index (χ4n) is 2.38. The molecular formula is C16H12BrF2N3O3. The third-order valence-corrected chi connectivity index (χ3v) is 4.29. The number of hydrogen-bond donors (Lipinski definition) is 1. The fraction of sp³-hybridized carbons (Fsp3) is 0.125. The van der Waals surface area contributed by atoms with Gasteiger partial charge in [-0.25, -0.2) is 4.98 Å². The first-order valence-corrected chi connectivity index (χ1v) is 7.80. The highest BCUT2D eigenvalue weighted by molar-refractivity contribution is 9.10. The van der Waals surface area contributed by atoms with Gasteiger partial charge < -0.3 is 15.2 Å². The van der Waals surface area contributed by atoms with Gasteiger partial charge in [-0.3, -0.25) is 9.36 Å². The molecule has 0 unspecified atom stereocenters. The molecule has 3 rings (SSSR count). The van der Waals surface area contributed by atoms with Crippen molar-refractivity contribution in [3.05, 3.63) is 51.4 Å². The van der Waals surface area contributed by atoms with Gasteiger partial charge in [0.15, 0.2) is 0 Å². The molecule has 25 heavy (non-hydrogen) atoms. The van der Waals surface area contributed by atoms with Crippen LogP contribution in [-0.2, 0) is 0 Å². The number of nitrogens with zero attached hydrogens (tertiary/aromatic N) is 2. The zero-order valence-corrected chi connectivity index (χ0v) is 14.5. The summed E-state index contributed by atoms with van der Waals surface area (Å²) in [6.45, 7) is -2.92. The maximum absolute atomic E-state index is 12.7. The fourth-order valence-corrected chi connectivity index (χ4v) is 2.75. The number of halogens is 3. The number of aromatic nitrogens is 2. The quantitative estimate of drug-likeness (QED) is 0.711. The highest BCUT2D eigenvalue weighted by Crippen LogP contribution is 2.29. The van der Waals surface area contributed by atoms with Crippen molar-refractivity contribution in [1.29, 1.82) is 0 Å². The normalized spacial score (nSPS) is 11.1. The van der Waals surface area contributed by atoms with E-state index >= 15 is 0 Å². The van der Waals surface area contributed by atoms with E-state index in [4.69, 9.17) is 10.5 Å². The van der Waals surface area contributed by atoms with Crippen LogP contribution in [0.2, 0.25) is 0 Å². The predicted molar refractivity (Wildman–Crippen MR) is 92.6 cm³/mol. The largest absolute Gasteiger partial charge is 0.495 e. The molecule has 0 aliphatic heterocycles. The van der Waals surface area contributed by atoms with Crippen LogP contribution in [0.4, 0.5) is 14.5 Å². The topological polar surface area (TPSA) is 79.4 Å². The maximum Gasteiger partial charge on any atom is 0.387 e. The molecular weight excluding hydrogens is 400 g/mol. The van der Waals surface area contributed by atoms with Gasteiger partial charge in [0.25, 0.3) is 5.56 Å². The molecule has 1 aromatic carbocycles. The Morgan fingerprint density at radius 3 is 2.52 bits per heavy atom. The van der Waals surface area contributed by atoms with Crippen molar-refractivity contribution in [3.63, 3.8) is 0 Å². The second kappa shape index (κ2) is 6.67. The molecule has 0 atom stereocenters. The molecule has 0 amide bonds. The number of benzene rings is 1. The summed E-state index contributed by atoms with van der Waals surface area (Å²) in [6.07, 6.45) is 1.49. The van der Waals surface area contributed by atoms with E-state index < -0.39 is 12.2 Å². The van der Waals surface area contributed by atoms with Gasteiger partial charge in [0, 0.05) is 11.8 Å². The van der Waals surface area contributed by atoms with Crippen LogP contribution in [0.5, 0.6) is 11.5 Å². The Kier molecular flexibility index (Phi) is 4.58. The van der Waals surface area contributed by atoms with Crippen molar-refractivity contribution in [1.82, 2.24) is 9.55 Å². The minimum atomic E-state index is -2.92. The van der Waals surface area contributed by atoms with Crippen LogP contribution in [0.3, 0.4) is 0 Å². The first-order valence-electron chi connectivity index (χ1n) is 7.01. The molecule has 0 spiro atoms. The van der Waals surface area contributed by atoms with Gasteiger partial charge >= 0.3 is 6.61 Å². The third kappa shape index (κ3) is 3.14. The van der Waals surface area contributed by atoms with Crippen LogP contribution < -0.4 is 20.8 Å². The zero-order valence-electron chi connectivity index (χ0n) is 12.9. The molecule has 2 heterocycles. The molecule has 0 aliphatic carbocycles. The van der Waals surface area contributed by atoms with Crippen LogP contribution in [0.1, 0.15) is 0 Å². The van der Waals surface area contributed by atoms with Crippen molar-refractivity contribution >= 4 is 32.7 Å². The molecule has 9 heteroatoms. The van der Waals surface area contributed by atoms with E-state index in [0.717, 1.165) is 0 Å². The number of hydrogen-bond acceptors (Lipinski definition) is 5. The molecule has 6 nitrogen and oxygen atoms in total. The minimum absolute atomic E-state index is 0.0127. The zero-order chi connectivity index (χ0) is 18.1. The van der Waals surface area contributed by atoms with Crippen LogP contribution in [0.25, 0.3) is 16.7 Å². The van der Waals surface area contributed by atoms with E-state index in [1.54, 1.807) is 6.07 Å². The van der Waals surface area contributed by atoms with Crippen molar-refractivity contribution < 1.29 is 18.3 Å². The van der Waals surface area contributed by atoms with Gasteiger partial charge in [0.1, 0.15) is 21.5 Å². The predicted octanol–water partition coefficient (Wildman–Crippen LogP) is 3.34. The molecule has 2 aromatic heterocycles. The van der Waals surface area contributed by atoms with E-state index in [0.29, 0.717) is 22.5 Å². The Bertz CT molecular complexity index is 991. The van der Waals surface area contributed by atoms with Crippen LogP contribution in [0.15, 0.2) is 45.8 Å². The van der Waals surface area contributed by atoms with E-state index in [1.165, 1.54) is 42.1 Å². The van der Waals surface area contributed by atoms with Gasteiger partial charge in [-0.15, -0.1) is 0 Å². The lowest BCUT2D eigenvalue weighted by atomic mass is 10.2. The number of methoxy groups -OCH3 is 1. The highest BCUT2D eigenvalue weighted by atomic mass is 79.9. The SMILES string of the molecule is COc1cnc2c(N)c(Br)c(=O)n(-c3ccc(OC(F)F)cc3)c2c1. The third-order valence-electron chi connectivity index (χ3n) is 3.52. The van der Waals surface area contributed by atoms with Gasteiger partial charge in [0.05, 0.1) is 24.5 Å². The van der Waals surface area contributed by atoms with Gasteiger partial charge in [0.2, 0.25) is 0 Å². The van der Waals surface area contributed by atoms with Crippen molar-refractivity contribution in [2.45, 2.75) is 6.61 Å². The summed E-state index contributed by atoms with van der Waals surface area (Å²) < 4.78 is 35.5. The van der Waals surface area contributed by atoms with Crippen LogP contribution in [-0.4, -0.2) is 23.3 Å². The summed E-state index contributed by atoms with van der Waals surface area (Å²) in [4.78, 5) is 16.9. The smallest absolute Gasteiger partial charge is 0.387 e. The molecule has 0 bridgehead atoms. The average Bonchev–Trinajstić information content (AvgIpc) is 2.60. The molecule has 130 valence electrons. The second-order valence-corrected chi connectivity index (χ2v) is 5.78. The second-order valence-electron chi connectivity index (χ2n) is 4.98. The summed E-state index contributed by atoms with van der Waals surface area (Å²) in [5.74, 6) is 0.432. The summed E-state index contributed by atoms with van der Waals surface area (Å²) in [6, 6.07) is 7.28. The standard InChI is InChI=1S/C16H12BrF2N3O3/c1-24-10-6-11-14(21-7-10)13(20)12(17)15(23)22(11)8-2-4-9(5-3-8)25-16(18)19/h2-7,16H,20H2,1H3. The van der Waals surface area contributed by atoms with E-state index in [1.807, 2.05) is 0 Å². The molecule has 3 aromatic rings. The monoisotopic (exact) mass is 411 g/mol. The summed E-state index contributed by atoms with van der Waals surface area (Å²) in [5.41, 5.74) is 7.02. The van der Waals surface area contributed by atoms with Gasteiger partial charge in [-0.05, 0) is 40.2 Å². The van der Waals surface area contributed by atoms with Crippen molar-refractivity contribution in [3.8, 4) is 17.2 Å². The van der Waals surface area contributed by atoms with E-state index in [-0.39, 0.29) is 15.9 Å². The Hall–Kier alpha value is -2.68. The lowest BCUT2D eigenvalue weighted by Gasteiger charge is -2.14. The number of fused-ring (bicyclic) bond motifs is 1. The summed E-state index contributed by atoms with van der Waals surface area (Å²) in [7, 11) is 1.48. The van der Waals surface area contributed by atoms with Gasteiger partial charge in [-0.1, -0.05) is 0 Å². The minimum Gasteiger partial charge on any atom is -0.495 e. The van der Waals surface area contributed by atoms with E-state index in [2.05, 4.69) is 25.7 Å². The highest BCUT2D eigenvalue weighted by Gasteiger charge is 2.16. The molecule has 0 saturated carbocycles.